The van der Waals surface area contributed by atoms with Crippen LogP contribution in [0.25, 0.3) is 11.5 Å². The molecular weight excluding hydrogens is 232 g/mol. The monoisotopic (exact) mass is 250 g/mol. The van der Waals surface area contributed by atoms with Gasteiger partial charge in [0.05, 0.1) is 10.8 Å². The Morgan fingerprint density at radius 1 is 0.688 bits per heavy atom. The second-order valence-electron chi connectivity index (χ2n) is 4.71. The average molecular weight is 250 g/mol. The summed E-state index contributed by atoms with van der Waals surface area (Å²) < 4.78 is 11.6. The predicted octanol–water partition coefficient (Wildman–Crippen LogP) is 1.93. The molecule has 0 fully saturated rings. The van der Waals surface area contributed by atoms with Crippen molar-refractivity contribution in [3.05, 3.63) is 24.3 Å². The fraction of sp³-hybridized carbons (Fsp3) is 0.333. The Kier molecular flexibility index (Phi) is 3.21. The molecule has 0 saturated heterocycles. The zero-order valence-corrected chi connectivity index (χ0v) is 12.6. The van der Waals surface area contributed by atoms with E-state index in [1.165, 1.54) is 0 Å². The summed E-state index contributed by atoms with van der Waals surface area (Å²) in [4.78, 5) is 0. The Morgan fingerprint density at radius 2 is 1.06 bits per heavy atom. The van der Waals surface area contributed by atoms with Crippen LogP contribution in [0, 0.1) is 0 Å². The lowest BCUT2D eigenvalue weighted by molar-refractivity contribution is 0.554. The van der Waals surface area contributed by atoms with Crippen LogP contribution in [0.4, 0.5) is 0 Å². The summed E-state index contributed by atoms with van der Waals surface area (Å²) in [7, 11) is -1.69. The Labute approximate surface area is 99.5 Å². The topological polar surface area (TPSA) is 26.3 Å². The first-order chi connectivity index (χ1) is 7.58. The van der Waals surface area contributed by atoms with Crippen molar-refractivity contribution in [3.63, 3.8) is 0 Å². The van der Waals surface area contributed by atoms with Gasteiger partial charge in [0.25, 0.3) is 0 Å². The van der Waals surface area contributed by atoms with Gasteiger partial charge in [-0.2, -0.15) is 0 Å². The quantitative estimate of drug-likeness (QED) is 0.778. The molecule has 0 bridgehead atoms. The highest BCUT2D eigenvalue weighted by Crippen LogP contribution is 2.18. The molecule has 86 valence electrons. The SMILES string of the molecule is C[SiH](C)c1ccc(-c2ccc([SiH](C)C)o2)o1. The maximum Gasteiger partial charge on any atom is 0.168 e. The van der Waals surface area contributed by atoms with Gasteiger partial charge in [-0.3, -0.25) is 0 Å². The van der Waals surface area contributed by atoms with Crippen LogP contribution in [0.3, 0.4) is 0 Å². The van der Waals surface area contributed by atoms with E-state index in [0.29, 0.717) is 0 Å². The van der Waals surface area contributed by atoms with E-state index in [4.69, 9.17) is 8.83 Å². The summed E-state index contributed by atoms with van der Waals surface area (Å²) in [6.07, 6.45) is 0. The molecule has 0 aromatic carbocycles. The van der Waals surface area contributed by atoms with E-state index >= 15 is 0 Å². The summed E-state index contributed by atoms with van der Waals surface area (Å²) in [5.74, 6) is 1.74. The Bertz CT molecular complexity index is 425. The lowest BCUT2D eigenvalue weighted by atomic mass is 10.3. The largest absolute Gasteiger partial charge is 0.463 e. The van der Waals surface area contributed by atoms with Crippen LogP contribution in [0.2, 0.25) is 26.2 Å². The minimum atomic E-state index is -0.844. The minimum Gasteiger partial charge on any atom is -0.463 e. The number of hydrogen-bond donors (Lipinski definition) is 0. The zero-order valence-electron chi connectivity index (χ0n) is 10.3. The highest BCUT2D eigenvalue weighted by molar-refractivity contribution is 6.69. The summed E-state index contributed by atoms with van der Waals surface area (Å²) in [5.41, 5.74) is 0. The van der Waals surface area contributed by atoms with E-state index in [-0.39, 0.29) is 0 Å². The van der Waals surface area contributed by atoms with Gasteiger partial charge in [-0.1, -0.05) is 26.2 Å². The third kappa shape index (κ3) is 2.22. The summed E-state index contributed by atoms with van der Waals surface area (Å²) in [6.45, 7) is 9.04. The van der Waals surface area contributed by atoms with Crippen LogP contribution in [0.15, 0.2) is 33.1 Å². The summed E-state index contributed by atoms with van der Waals surface area (Å²) in [5, 5.41) is 2.30. The average Bonchev–Trinajstić information content (AvgIpc) is 2.86. The predicted molar refractivity (Wildman–Crippen MR) is 73.4 cm³/mol. The van der Waals surface area contributed by atoms with E-state index in [1.54, 1.807) is 0 Å². The molecule has 16 heavy (non-hydrogen) atoms. The fourth-order valence-electron chi connectivity index (χ4n) is 1.59. The first-order valence-electron chi connectivity index (χ1n) is 5.77. The number of hydrogen-bond acceptors (Lipinski definition) is 2. The van der Waals surface area contributed by atoms with Gasteiger partial charge >= 0.3 is 0 Å². The van der Waals surface area contributed by atoms with Crippen LogP contribution in [-0.4, -0.2) is 17.6 Å². The van der Waals surface area contributed by atoms with Crippen LogP contribution in [-0.2, 0) is 0 Å². The molecule has 0 radical (unpaired) electrons. The minimum absolute atomic E-state index is 0.844. The van der Waals surface area contributed by atoms with Crippen LogP contribution in [0.5, 0.6) is 0 Å². The fourth-order valence-corrected chi connectivity index (χ4v) is 3.28. The second kappa shape index (κ2) is 4.47. The third-order valence-corrected chi connectivity index (χ3v) is 5.53. The maximum absolute atomic E-state index is 5.81. The molecule has 2 heterocycles. The highest BCUT2D eigenvalue weighted by atomic mass is 28.3. The van der Waals surface area contributed by atoms with Crippen LogP contribution in [0.1, 0.15) is 0 Å². The van der Waals surface area contributed by atoms with Gasteiger partial charge in [0, 0.05) is 0 Å². The van der Waals surface area contributed by atoms with Crippen molar-refractivity contribution < 1.29 is 8.83 Å². The molecule has 0 N–H and O–H groups in total. The lowest BCUT2D eigenvalue weighted by Crippen LogP contribution is -2.20. The van der Waals surface area contributed by atoms with E-state index in [2.05, 4.69) is 38.3 Å². The van der Waals surface area contributed by atoms with Crippen molar-refractivity contribution in [2.75, 3.05) is 0 Å². The Morgan fingerprint density at radius 3 is 1.31 bits per heavy atom. The summed E-state index contributed by atoms with van der Waals surface area (Å²) in [6, 6.07) is 8.21. The van der Waals surface area contributed by atoms with Gasteiger partial charge in [0.15, 0.2) is 11.5 Å². The van der Waals surface area contributed by atoms with Crippen molar-refractivity contribution in [2.45, 2.75) is 26.2 Å². The first-order valence-corrected chi connectivity index (χ1v) is 11.5. The van der Waals surface area contributed by atoms with Gasteiger partial charge in [-0.25, -0.2) is 0 Å². The van der Waals surface area contributed by atoms with Gasteiger partial charge in [-0.05, 0) is 24.3 Å². The smallest absolute Gasteiger partial charge is 0.168 e. The van der Waals surface area contributed by atoms with E-state index < -0.39 is 17.6 Å². The zero-order chi connectivity index (χ0) is 11.7. The Balaban J connectivity index is 2.28. The van der Waals surface area contributed by atoms with Crippen molar-refractivity contribution in [3.8, 4) is 11.5 Å². The molecule has 0 spiro atoms. The Hall–Kier alpha value is -1.01. The molecule has 0 unspecified atom stereocenters. The van der Waals surface area contributed by atoms with Gasteiger partial charge in [0.2, 0.25) is 0 Å². The van der Waals surface area contributed by atoms with Crippen molar-refractivity contribution in [2.24, 2.45) is 0 Å². The molecule has 0 saturated carbocycles. The van der Waals surface area contributed by atoms with E-state index in [1.807, 2.05) is 12.1 Å². The molecule has 2 nitrogen and oxygen atoms in total. The number of rotatable bonds is 3. The van der Waals surface area contributed by atoms with Crippen molar-refractivity contribution in [1.82, 2.24) is 0 Å². The van der Waals surface area contributed by atoms with Crippen LogP contribution < -0.4 is 10.8 Å². The third-order valence-electron chi connectivity index (χ3n) is 2.63. The van der Waals surface area contributed by atoms with E-state index in [0.717, 1.165) is 22.3 Å². The molecule has 0 aliphatic carbocycles. The molecule has 2 aromatic heterocycles. The molecular formula is C12H18O2Si2. The van der Waals surface area contributed by atoms with Gasteiger partial charge in [0.1, 0.15) is 17.6 Å². The normalized spacial score (nSPS) is 11.6. The number of furan rings is 2. The molecule has 4 heteroatoms. The summed E-state index contributed by atoms with van der Waals surface area (Å²) >= 11 is 0. The molecule has 0 atom stereocenters. The molecule has 0 aliphatic heterocycles. The van der Waals surface area contributed by atoms with Crippen molar-refractivity contribution in [1.29, 1.82) is 0 Å². The standard InChI is InChI=1S/C12H18O2Si2/c1-15(2)11-7-5-9(13-11)10-6-8-12(14-10)16(3)4/h5-8,15-16H,1-4H3. The van der Waals surface area contributed by atoms with E-state index in [9.17, 15) is 0 Å². The maximum atomic E-state index is 5.81. The lowest BCUT2D eigenvalue weighted by Gasteiger charge is -1.98. The second-order valence-corrected chi connectivity index (χ2v) is 10.5. The molecule has 2 aromatic rings. The molecule has 0 aliphatic rings. The highest BCUT2D eigenvalue weighted by Gasteiger charge is 2.13. The molecule has 0 amide bonds. The van der Waals surface area contributed by atoms with Gasteiger partial charge in [-0.15, -0.1) is 0 Å². The van der Waals surface area contributed by atoms with Gasteiger partial charge < -0.3 is 8.83 Å². The van der Waals surface area contributed by atoms with Crippen LogP contribution >= 0.6 is 0 Å². The van der Waals surface area contributed by atoms with Crippen molar-refractivity contribution >= 4 is 28.4 Å². The first kappa shape index (κ1) is 11.5. The molecule has 2 rings (SSSR count).